The van der Waals surface area contributed by atoms with Crippen molar-refractivity contribution in [2.45, 2.75) is 38.1 Å². The predicted molar refractivity (Wildman–Crippen MR) is 75.3 cm³/mol. The first-order valence-electron chi connectivity index (χ1n) is 6.82. The van der Waals surface area contributed by atoms with Gasteiger partial charge in [0.2, 0.25) is 0 Å². The number of thiazole rings is 1. The van der Waals surface area contributed by atoms with Crippen LogP contribution >= 0.6 is 11.3 Å². The van der Waals surface area contributed by atoms with Crippen molar-refractivity contribution in [3.8, 4) is 0 Å². The molecule has 1 aliphatic rings. The summed E-state index contributed by atoms with van der Waals surface area (Å²) in [4.78, 5) is 18.7. The number of carbonyl (C=O) groups is 1. The molecule has 0 radical (unpaired) electrons. The molecule has 1 fully saturated rings. The highest BCUT2D eigenvalue weighted by atomic mass is 32.1. The summed E-state index contributed by atoms with van der Waals surface area (Å²) in [5, 5.41) is 11.7. The molecular formula is C13H21N3O2S. The van der Waals surface area contributed by atoms with E-state index in [-0.39, 0.29) is 12.5 Å². The maximum absolute atomic E-state index is 12.5. The smallest absolute Gasteiger partial charge is 0.273 e. The van der Waals surface area contributed by atoms with E-state index < -0.39 is 0 Å². The molecule has 1 saturated carbocycles. The highest BCUT2D eigenvalue weighted by Crippen LogP contribution is 2.26. The van der Waals surface area contributed by atoms with Gasteiger partial charge in [0.15, 0.2) is 0 Å². The third kappa shape index (κ3) is 3.52. The first-order chi connectivity index (χ1) is 9.26. The fourth-order valence-electron chi connectivity index (χ4n) is 2.18. The summed E-state index contributed by atoms with van der Waals surface area (Å²) in [7, 11) is 0. The van der Waals surface area contributed by atoms with Crippen molar-refractivity contribution in [2.75, 3.05) is 19.7 Å². The summed E-state index contributed by atoms with van der Waals surface area (Å²) >= 11 is 1.49. The number of hydrogen-bond acceptors (Lipinski definition) is 5. The molecule has 1 amide bonds. The summed E-state index contributed by atoms with van der Waals surface area (Å²) in [5.74, 6) is -0.00216. The van der Waals surface area contributed by atoms with Crippen LogP contribution in [0.4, 0.5) is 0 Å². The zero-order valence-electron chi connectivity index (χ0n) is 11.0. The Morgan fingerprint density at radius 1 is 1.58 bits per heavy atom. The van der Waals surface area contributed by atoms with Gasteiger partial charge >= 0.3 is 0 Å². The second-order valence-electron chi connectivity index (χ2n) is 4.83. The number of nitrogens with zero attached hydrogens (tertiary/aromatic N) is 2. The van der Waals surface area contributed by atoms with Gasteiger partial charge in [0.1, 0.15) is 5.69 Å². The van der Waals surface area contributed by atoms with Gasteiger partial charge < -0.3 is 15.7 Å². The Hall–Kier alpha value is -0.980. The number of rotatable bonds is 7. The highest BCUT2D eigenvalue weighted by Gasteiger charge is 2.30. The molecule has 0 unspecified atom stereocenters. The minimum atomic E-state index is -0.00216. The van der Waals surface area contributed by atoms with Gasteiger partial charge in [-0.05, 0) is 32.2 Å². The van der Waals surface area contributed by atoms with E-state index in [1.807, 2.05) is 10.3 Å². The Kier molecular flexibility index (Phi) is 5.30. The fourth-order valence-corrected chi connectivity index (χ4v) is 2.97. The van der Waals surface area contributed by atoms with Gasteiger partial charge in [-0.15, -0.1) is 11.3 Å². The van der Waals surface area contributed by atoms with Crippen molar-refractivity contribution >= 4 is 17.2 Å². The molecule has 0 aromatic carbocycles. The van der Waals surface area contributed by atoms with Gasteiger partial charge in [0.05, 0.1) is 5.01 Å². The Labute approximate surface area is 117 Å². The Morgan fingerprint density at radius 3 is 2.95 bits per heavy atom. The summed E-state index contributed by atoms with van der Waals surface area (Å²) < 4.78 is 0. The Bertz CT molecular complexity index is 418. The SMILES string of the molecule is NCCc1nc(C(=O)N(CCCO)C2CCC2)cs1. The Balaban J connectivity index is 2.03. The number of amides is 1. The van der Waals surface area contributed by atoms with Crippen LogP contribution in [0.25, 0.3) is 0 Å². The second kappa shape index (κ2) is 6.98. The van der Waals surface area contributed by atoms with Crippen LogP contribution in [-0.2, 0) is 6.42 Å². The first-order valence-corrected chi connectivity index (χ1v) is 7.70. The van der Waals surface area contributed by atoms with Crippen molar-refractivity contribution in [2.24, 2.45) is 5.73 Å². The first kappa shape index (κ1) is 14.4. The molecular weight excluding hydrogens is 262 g/mol. The van der Waals surface area contributed by atoms with Crippen LogP contribution in [0, 0.1) is 0 Å². The number of aliphatic hydroxyl groups excluding tert-OH is 1. The van der Waals surface area contributed by atoms with Crippen LogP contribution in [-0.4, -0.2) is 46.6 Å². The molecule has 1 aromatic rings. The lowest BCUT2D eigenvalue weighted by Gasteiger charge is -2.37. The Morgan fingerprint density at radius 2 is 2.37 bits per heavy atom. The van der Waals surface area contributed by atoms with Gasteiger partial charge in [0, 0.05) is 31.0 Å². The quantitative estimate of drug-likeness (QED) is 0.783. The third-order valence-corrected chi connectivity index (χ3v) is 4.37. The molecule has 2 rings (SSSR count). The van der Waals surface area contributed by atoms with Gasteiger partial charge in [0.25, 0.3) is 5.91 Å². The molecule has 0 spiro atoms. The summed E-state index contributed by atoms with van der Waals surface area (Å²) in [5.41, 5.74) is 6.02. The number of nitrogens with two attached hydrogens (primary N) is 1. The van der Waals surface area contributed by atoms with Crippen LogP contribution in [0.3, 0.4) is 0 Å². The van der Waals surface area contributed by atoms with Gasteiger partial charge in [-0.1, -0.05) is 0 Å². The molecule has 1 aliphatic carbocycles. The van der Waals surface area contributed by atoms with E-state index in [1.54, 1.807) is 0 Å². The molecule has 1 heterocycles. The van der Waals surface area contributed by atoms with E-state index in [4.69, 9.17) is 10.8 Å². The van der Waals surface area contributed by atoms with Crippen LogP contribution in [0.5, 0.6) is 0 Å². The third-order valence-electron chi connectivity index (χ3n) is 3.46. The molecule has 0 bridgehead atoms. The zero-order valence-corrected chi connectivity index (χ0v) is 11.9. The number of aromatic nitrogens is 1. The standard InChI is InChI=1S/C13H21N3O2S/c14-6-5-12-15-11(9-19-12)13(18)16(7-2-8-17)10-3-1-4-10/h9-10,17H,1-8,14H2. The van der Waals surface area contributed by atoms with E-state index in [9.17, 15) is 4.79 Å². The molecule has 1 aromatic heterocycles. The number of hydrogen-bond donors (Lipinski definition) is 2. The van der Waals surface area contributed by atoms with E-state index in [0.29, 0.717) is 31.2 Å². The van der Waals surface area contributed by atoms with E-state index in [2.05, 4.69) is 4.98 Å². The average molecular weight is 283 g/mol. The molecule has 3 N–H and O–H groups in total. The molecule has 5 nitrogen and oxygen atoms in total. The topological polar surface area (TPSA) is 79.5 Å². The van der Waals surface area contributed by atoms with Gasteiger partial charge in [-0.3, -0.25) is 4.79 Å². The largest absolute Gasteiger partial charge is 0.396 e. The van der Waals surface area contributed by atoms with E-state index in [1.165, 1.54) is 17.8 Å². The van der Waals surface area contributed by atoms with Crippen LogP contribution in [0.15, 0.2) is 5.38 Å². The lowest BCUT2D eigenvalue weighted by molar-refractivity contribution is 0.0557. The maximum atomic E-state index is 12.5. The average Bonchev–Trinajstić information content (AvgIpc) is 2.80. The van der Waals surface area contributed by atoms with Crippen molar-refractivity contribution in [3.63, 3.8) is 0 Å². The van der Waals surface area contributed by atoms with E-state index in [0.717, 1.165) is 24.3 Å². The fraction of sp³-hybridized carbons (Fsp3) is 0.692. The second-order valence-corrected chi connectivity index (χ2v) is 5.77. The molecule has 106 valence electrons. The number of carbonyl (C=O) groups excluding carboxylic acids is 1. The maximum Gasteiger partial charge on any atom is 0.273 e. The minimum Gasteiger partial charge on any atom is -0.396 e. The molecule has 0 saturated heterocycles. The molecule has 6 heteroatoms. The van der Waals surface area contributed by atoms with Crippen LogP contribution in [0.2, 0.25) is 0 Å². The van der Waals surface area contributed by atoms with E-state index >= 15 is 0 Å². The highest BCUT2D eigenvalue weighted by molar-refractivity contribution is 7.09. The normalized spacial score (nSPS) is 15.3. The van der Waals surface area contributed by atoms with Crippen molar-refractivity contribution < 1.29 is 9.90 Å². The monoisotopic (exact) mass is 283 g/mol. The zero-order chi connectivity index (χ0) is 13.7. The lowest BCUT2D eigenvalue weighted by atomic mass is 9.91. The molecule has 0 atom stereocenters. The summed E-state index contributed by atoms with van der Waals surface area (Å²) in [6.07, 6.45) is 4.66. The van der Waals surface area contributed by atoms with Crippen LogP contribution in [0.1, 0.15) is 41.2 Å². The number of aliphatic hydroxyl groups is 1. The van der Waals surface area contributed by atoms with Crippen molar-refractivity contribution in [1.29, 1.82) is 0 Å². The predicted octanol–water partition coefficient (Wildman–Crippen LogP) is 1.02. The summed E-state index contributed by atoms with van der Waals surface area (Å²) in [6.45, 7) is 1.29. The summed E-state index contributed by atoms with van der Waals surface area (Å²) in [6, 6.07) is 0.332. The van der Waals surface area contributed by atoms with Gasteiger partial charge in [-0.2, -0.15) is 0 Å². The van der Waals surface area contributed by atoms with Gasteiger partial charge in [-0.25, -0.2) is 4.98 Å². The van der Waals surface area contributed by atoms with Crippen molar-refractivity contribution in [1.82, 2.24) is 9.88 Å². The molecule has 19 heavy (non-hydrogen) atoms. The van der Waals surface area contributed by atoms with Crippen molar-refractivity contribution in [3.05, 3.63) is 16.1 Å². The minimum absolute atomic E-state index is 0.00216. The van der Waals surface area contributed by atoms with Crippen LogP contribution < -0.4 is 5.73 Å². The molecule has 0 aliphatic heterocycles. The lowest BCUT2D eigenvalue weighted by Crippen LogP contribution is -2.45.